The van der Waals surface area contributed by atoms with Crippen LogP contribution in [-0.4, -0.2) is 22.5 Å². The SMILES string of the molecule is CCC(OC(=O)c1c(-c2ccccc2)c2ccccc2c(=O)n1C)C(=O)Nc1cccc(Cl)c1Cl. The Balaban J connectivity index is 1.75. The summed E-state index contributed by atoms with van der Waals surface area (Å²) >= 11 is 12.2. The van der Waals surface area contributed by atoms with E-state index in [4.69, 9.17) is 27.9 Å². The second-order valence-corrected chi connectivity index (χ2v) is 8.68. The van der Waals surface area contributed by atoms with Gasteiger partial charge in [-0.1, -0.05) is 84.7 Å². The van der Waals surface area contributed by atoms with Gasteiger partial charge in [0, 0.05) is 18.0 Å². The molecule has 0 radical (unpaired) electrons. The van der Waals surface area contributed by atoms with Crippen LogP contribution in [0.15, 0.2) is 77.6 Å². The summed E-state index contributed by atoms with van der Waals surface area (Å²) in [6.45, 7) is 1.72. The lowest BCUT2D eigenvalue weighted by Crippen LogP contribution is -2.34. The molecule has 6 nitrogen and oxygen atoms in total. The molecular formula is C27H22Cl2N2O4. The number of benzene rings is 3. The Hall–Kier alpha value is -3.61. The first-order chi connectivity index (χ1) is 16.8. The van der Waals surface area contributed by atoms with Crippen LogP contribution in [0.5, 0.6) is 0 Å². The zero-order chi connectivity index (χ0) is 25.1. The molecule has 4 rings (SSSR count). The van der Waals surface area contributed by atoms with Gasteiger partial charge in [-0.05, 0) is 35.6 Å². The van der Waals surface area contributed by atoms with Gasteiger partial charge in [0.15, 0.2) is 6.10 Å². The van der Waals surface area contributed by atoms with Crippen LogP contribution in [-0.2, 0) is 16.6 Å². The number of rotatable bonds is 6. The lowest BCUT2D eigenvalue weighted by atomic mass is 9.97. The maximum Gasteiger partial charge on any atom is 0.356 e. The standard InChI is InChI=1S/C27H22Cl2N2O4/c1-3-21(25(32)30-20-15-9-14-19(28)23(20)29)35-27(34)24-22(16-10-5-4-6-11-16)17-12-7-8-13-18(17)26(33)31(24)2/h4-15,21H,3H2,1-2H3,(H,30,32). The summed E-state index contributed by atoms with van der Waals surface area (Å²) in [7, 11) is 1.52. The van der Waals surface area contributed by atoms with Crippen molar-refractivity contribution in [2.75, 3.05) is 5.32 Å². The molecule has 0 saturated carbocycles. The average Bonchev–Trinajstić information content (AvgIpc) is 2.87. The number of ether oxygens (including phenoxy) is 1. The topological polar surface area (TPSA) is 77.4 Å². The molecule has 8 heteroatoms. The highest BCUT2D eigenvalue weighted by Gasteiger charge is 2.28. The van der Waals surface area contributed by atoms with Crippen molar-refractivity contribution in [3.8, 4) is 11.1 Å². The lowest BCUT2D eigenvalue weighted by molar-refractivity contribution is -0.124. The van der Waals surface area contributed by atoms with Crippen LogP contribution in [0.3, 0.4) is 0 Å². The maximum atomic E-state index is 13.5. The molecule has 0 bridgehead atoms. The molecule has 1 heterocycles. The Bertz CT molecular complexity index is 1480. The number of halogens is 2. The molecule has 1 atom stereocenters. The van der Waals surface area contributed by atoms with Crippen LogP contribution in [0.4, 0.5) is 5.69 Å². The fraction of sp³-hybridized carbons (Fsp3) is 0.148. The number of pyridine rings is 1. The highest BCUT2D eigenvalue weighted by atomic mass is 35.5. The Kier molecular flexibility index (Phi) is 7.24. The summed E-state index contributed by atoms with van der Waals surface area (Å²) in [6.07, 6.45) is -0.916. The maximum absolute atomic E-state index is 13.5. The molecule has 3 aromatic carbocycles. The first-order valence-corrected chi connectivity index (χ1v) is 11.7. The molecule has 0 saturated heterocycles. The van der Waals surface area contributed by atoms with Gasteiger partial charge in [-0.25, -0.2) is 4.79 Å². The summed E-state index contributed by atoms with van der Waals surface area (Å²) in [5.74, 6) is -1.34. The smallest absolute Gasteiger partial charge is 0.356 e. The number of fused-ring (bicyclic) bond motifs is 1. The van der Waals surface area contributed by atoms with Gasteiger partial charge in [-0.2, -0.15) is 0 Å². The fourth-order valence-electron chi connectivity index (χ4n) is 3.92. The van der Waals surface area contributed by atoms with Crippen LogP contribution in [0.25, 0.3) is 21.9 Å². The van der Waals surface area contributed by atoms with Gasteiger partial charge in [0.2, 0.25) is 0 Å². The van der Waals surface area contributed by atoms with Gasteiger partial charge in [-0.3, -0.25) is 9.59 Å². The molecule has 4 aromatic rings. The molecule has 0 spiro atoms. The number of hydrogen-bond acceptors (Lipinski definition) is 4. The number of aromatic nitrogens is 1. The van der Waals surface area contributed by atoms with Crippen LogP contribution in [0.2, 0.25) is 10.0 Å². The van der Waals surface area contributed by atoms with Gasteiger partial charge in [-0.15, -0.1) is 0 Å². The van der Waals surface area contributed by atoms with Crippen molar-refractivity contribution in [2.45, 2.75) is 19.4 Å². The largest absolute Gasteiger partial charge is 0.448 e. The minimum atomic E-state index is -1.12. The number of amides is 1. The molecule has 178 valence electrons. The third kappa shape index (κ3) is 4.81. The minimum Gasteiger partial charge on any atom is -0.448 e. The predicted molar refractivity (Wildman–Crippen MR) is 139 cm³/mol. The van der Waals surface area contributed by atoms with E-state index in [-0.39, 0.29) is 27.7 Å². The van der Waals surface area contributed by atoms with Gasteiger partial charge in [0.05, 0.1) is 15.7 Å². The van der Waals surface area contributed by atoms with Crippen molar-refractivity contribution in [2.24, 2.45) is 7.05 Å². The van der Waals surface area contributed by atoms with Gasteiger partial charge in [0.1, 0.15) is 5.69 Å². The Labute approximate surface area is 212 Å². The summed E-state index contributed by atoms with van der Waals surface area (Å²) in [6, 6.07) is 21.2. The summed E-state index contributed by atoms with van der Waals surface area (Å²) in [5, 5.41) is 4.23. The number of nitrogens with one attached hydrogen (secondary N) is 1. The van der Waals surface area contributed by atoms with E-state index in [2.05, 4.69) is 5.32 Å². The van der Waals surface area contributed by atoms with E-state index in [1.807, 2.05) is 30.3 Å². The van der Waals surface area contributed by atoms with Gasteiger partial charge < -0.3 is 14.6 Å². The third-order valence-corrected chi connectivity index (χ3v) is 6.50. The molecular weight excluding hydrogens is 487 g/mol. The number of carbonyl (C=O) groups is 2. The second-order valence-electron chi connectivity index (χ2n) is 7.89. The molecule has 35 heavy (non-hydrogen) atoms. The Morgan fingerprint density at radius 2 is 1.60 bits per heavy atom. The van der Waals surface area contributed by atoms with Crippen LogP contribution < -0.4 is 10.9 Å². The first-order valence-electron chi connectivity index (χ1n) is 11.0. The lowest BCUT2D eigenvalue weighted by Gasteiger charge is -2.20. The molecule has 0 aliphatic heterocycles. The number of hydrogen-bond donors (Lipinski definition) is 1. The van der Waals surface area contributed by atoms with Crippen molar-refractivity contribution < 1.29 is 14.3 Å². The van der Waals surface area contributed by atoms with Crippen molar-refractivity contribution >= 4 is 51.5 Å². The predicted octanol–water partition coefficient (Wildman–Crippen LogP) is 6.09. The number of nitrogens with zero attached hydrogens (tertiary/aromatic N) is 1. The van der Waals surface area contributed by atoms with Crippen molar-refractivity contribution in [1.29, 1.82) is 0 Å². The first kappa shape index (κ1) is 24.5. The van der Waals surface area contributed by atoms with E-state index >= 15 is 0 Å². The van der Waals surface area contributed by atoms with Crippen LogP contribution in [0, 0.1) is 0 Å². The van der Waals surface area contributed by atoms with Crippen LogP contribution >= 0.6 is 23.2 Å². The number of anilines is 1. The zero-order valence-corrected chi connectivity index (χ0v) is 20.6. The van der Waals surface area contributed by atoms with Crippen LogP contribution in [0.1, 0.15) is 23.8 Å². The molecule has 1 amide bonds. The molecule has 0 fully saturated rings. The summed E-state index contributed by atoms with van der Waals surface area (Å²) in [5.41, 5.74) is 1.33. The fourth-order valence-corrected chi connectivity index (χ4v) is 4.27. The molecule has 0 aliphatic carbocycles. The highest BCUT2D eigenvalue weighted by Crippen LogP contribution is 2.32. The van der Waals surface area contributed by atoms with Gasteiger partial charge >= 0.3 is 5.97 Å². The van der Waals surface area contributed by atoms with E-state index in [9.17, 15) is 14.4 Å². The quantitative estimate of drug-likeness (QED) is 0.320. The zero-order valence-electron chi connectivity index (χ0n) is 19.0. The minimum absolute atomic E-state index is 0.0620. The van der Waals surface area contributed by atoms with E-state index in [0.717, 1.165) is 5.56 Å². The van der Waals surface area contributed by atoms with Crippen molar-refractivity contribution in [1.82, 2.24) is 4.57 Å². The highest BCUT2D eigenvalue weighted by molar-refractivity contribution is 6.44. The monoisotopic (exact) mass is 508 g/mol. The Morgan fingerprint density at radius 3 is 2.29 bits per heavy atom. The summed E-state index contributed by atoms with van der Waals surface area (Å²) < 4.78 is 6.92. The van der Waals surface area contributed by atoms with E-state index in [1.54, 1.807) is 49.4 Å². The normalized spacial score (nSPS) is 11.8. The molecule has 1 unspecified atom stereocenters. The summed E-state index contributed by atoms with van der Waals surface area (Å²) in [4.78, 5) is 39.5. The van der Waals surface area contributed by atoms with Gasteiger partial charge in [0.25, 0.3) is 11.5 Å². The third-order valence-electron chi connectivity index (χ3n) is 5.68. The average molecular weight is 509 g/mol. The van der Waals surface area contributed by atoms with E-state index in [0.29, 0.717) is 22.0 Å². The molecule has 1 N–H and O–H groups in total. The molecule has 0 aliphatic rings. The van der Waals surface area contributed by atoms with Crippen molar-refractivity contribution in [3.63, 3.8) is 0 Å². The van der Waals surface area contributed by atoms with E-state index in [1.165, 1.54) is 11.6 Å². The Morgan fingerprint density at radius 1 is 0.943 bits per heavy atom. The number of esters is 1. The second kappa shape index (κ2) is 10.3. The van der Waals surface area contributed by atoms with Crippen molar-refractivity contribution in [3.05, 3.63) is 98.9 Å². The number of carbonyl (C=O) groups excluding carboxylic acids is 2. The molecule has 1 aromatic heterocycles. The van der Waals surface area contributed by atoms with E-state index < -0.39 is 18.0 Å².